The SMILES string of the molecule is O=C(NCc1ccc2c(c1)OCO2)C(=O)NC[C@@H]1CCCO1. The van der Waals surface area contributed by atoms with Crippen molar-refractivity contribution in [1.82, 2.24) is 10.6 Å². The molecule has 2 amide bonds. The highest BCUT2D eigenvalue weighted by atomic mass is 16.7. The van der Waals surface area contributed by atoms with E-state index in [0.29, 0.717) is 18.0 Å². The minimum atomic E-state index is -0.657. The molecule has 3 rings (SSSR count). The van der Waals surface area contributed by atoms with E-state index in [4.69, 9.17) is 14.2 Å². The Morgan fingerprint density at radius 1 is 1.14 bits per heavy atom. The second kappa shape index (κ2) is 6.65. The Morgan fingerprint density at radius 3 is 2.77 bits per heavy atom. The fourth-order valence-electron chi connectivity index (χ4n) is 2.41. The molecule has 0 aliphatic carbocycles. The van der Waals surface area contributed by atoms with E-state index in [1.807, 2.05) is 6.07 Å². The van der Waals surface area contributed by atoms with Gasteiger partial charge in [0, 0.05) is 19.7 Å². The Bertz CT molecular complexity index is 569. The van der Waals surface area contributed by atoms with Gasteiger partial charge in [-0.25, -0.2) is 0 Å². The number of carbonyl (C=O) groups is 2. The summed E-state index contributed by atoms with van der Waals surface area (Å²) in [5.74, 6) is 0.0332. The number of carbonyl (C=O) groups excluding carboxylic acids is 2. The van der Waals surface area contributed by atoms with Crippen LogP contribution in [-0.4, -0.2) is 37.9 Å². The molecule has 2 heterocycles. The first-order valence-corrected chi connectivity index (χ1v) is 7.28. The molecule has 0 unspecified atom stereocenters. The molecule has 1 fully saturated rings. The predicted octanol–water partition coefficient (Wildman–Crippen LogP) is 0.327. The van der Waals surface area contributed by atoms with Crippen LogP contribution >= 0.6 is 0 Å². The summed E-state index contributed by atoms with van der Waals surface area (Å²) < 4.78 is 15.9. The van der Waals surface area contributed by atoms with E-state index in [-0.39, 0.29) is 19.4 Å². The lowest BCUT2D eigenvalue weighted by Crippen LogP contribution is -2.42. The molecule has 2 aliphatic rings. The van der Waals surface area contributed by atoms with Crippen LogP contribution in [0.1, 0.15) is 18.4 Å². The smallest absolute Gasteiger partial charge is 0.309 e. The highest BCUT2D eigenvalue weighted by Gasteiger charge is 2.19. The van der Waals surface area contributed by atoms with Gasteiger partial charge < -0.3 is 24.8 Å². The number of amides is 2. The van der Waals surface area contributed by atoms with Gasteiger partial charge in [0.1, 0.15) is 0 Å². The van der Waals surface area contributed by atoms with E-state index in [1.54, 1.807) is 12.1 Å². The van der Waals surface area contributed by atoms with Crippen LogP contribution in [0.15, 0.2) is 18.2 Å². The van der Waals surface area contributed by atoms with Crippen molar-refractivity contribution in [1.29, 1.82) is 0 Å². The van der Waals surface area contributed by atoms with Gasteiger partial charge in [-0.05, 0) is 30.5 Å². The molecular formula is C15H18N2O5. The molecule has 7 heteroatoms. The summed E-state index contributed by atoms with van der Waals surface area (Å²) in [6.45, 7) is 1.55. The Morgan fingerprint density at radius 2 is 1.95 bits per heavy atom. The molecule has 0 aromatic heterocycles. The Kier molecular flexibility index (Phi) is 4.43. The monoisotopic (exact) mass is 306 g/mol. The summed E-state index contributed by atoms with van der Waals surface area (Å²) in [6.07, 6.45) is 1.93. The summed E-state index contributed by atoms with van der Waals surface area (Å²) in [4.78, 5) is 23.4. The Balaban J connectivity index is 1.44. The molecule has 22 heavy (non-hydrogen) atoms. The lowest BCUT2D eigenvalue weighted by Gasteiger charge is -2.11. The van der Waals surface area contributed by atoms with Gasteiger partial charge in [-0.3, -0.25) is 9.59 Å². The van der Waals surface area contributed by atoms with E-state index < -0.39 is 11.8 Å². The number of rotatable bonds is 4. The third kappa shape index (κ3) is 3.48. The molecule has 1 aromatic carbocycles. The van der Waals surface area contributed by atoms with Gasteiger partial charge in [0.15, 0.2) is 11.5 Å². The van der Waals surface area contributed by atoms with Crippen molar-refractivity contribution in [2.75, 3.05) is 19.9 Å². The predicted molar refractivity (Wildman–Crippen MR) is 76.4 cm³/mol. The van der Waals surface area contributed by atoms with Crippen molar-refractivity contribution < 1.29 is 23.8 Å². The fraction of sp³-hybridized carbons (Fsp3) is 0.467. The zero-order chi connectivity index (χ0) is 15.4. The average molecular weight is 306 g/mol. The zero-order valence-corrected chi connectivity index (χ0v) is 12.1. The number of ether oxygens (including phenoxy) is 3. The molecule has 1 atom stereocenters. The highest BCUT2D eigenvalue weighted by molar-refractivity contribution is 6.35. The summed E-state index contributed by atoms with van der Waals surface area (Å²) in [5.41, 5.74) is 0.838. The Hall–Kier alpha value is -2.28. The molecule has 2 aliphatic heterocycles. The maximum Gasteiger partial charge on any atom is 0.309 e. The largest absolute Gasteiger partial charge is 0.454 e. The topological polar surface area (TPSA) is 85.9 Å². The van der Waals surface area contributed by atoms with Crippen molar-refractivity contribution in [3.8, 4) is 11.5 Å². The molecule has 1 saturated heterocycles. The second-order valence-electron chi connectivity index (χ2n) is 5.22. The third-order valence-corrected chi connectivity index (χ3v) is 3.61. The van der Waals surface area contributed by atoms with Crippen molar-refractivity contribution in [3.05, 3.63) is 23.8 Å². The maximum absolute atomic E-state index is 11.7. The lowest BCUT2D eigenvalue weighted by molar-refractivity contribution is -0.139. The minimum Gasteiger partial charge on any atom is -0.454 e. The number of hydrogen-bond donors (Lipinski definition) is 2. The maximum atomic E-state index is 11.7. The summed E-state index contributed by atoms with van der Waals surface area (Å²) in [7, 11) is 0. The van der Waals surface area contributed by atoms with Crippen LogP contribution in [0.3, 0.4) is 0 Å². The summed E-state index contributed by atoms with van der Waals surface area (Å²) in [5, 5.41) is 5.16. The number of nitrogens with one attached hydrogen (secondary N) is 2. The van der Waals surface area contributed by atoms with Gasteiger partial charge in [-0.15, -0.1) is 0 Å². The molecule has 1 aromatic rings. The third-order valence-electron chi connectivity index (χ3n) is 3.61. The zero-order valence-electron chi connectivity index (χ0n) is 12.1. The van der Waals surface area contributed by atoms with Crippen LogP contribution in [0.2, 0.25) is 0 Å². The quantitative estimate of drug-likeness (QED) is 0.783. The summed E-state index contributed by atoms with van der Waals surface area (Å²) >= 11 is 0. The van der Waals surface area contributed by atoms with Crippen LogP contribution in [0.25, 0.3) is 0 Å². The van der Waals surface area contributed by atoms with Gasteiger partial charge in [-0.2, -0.15) is 0 Å². The van der Waals surface area contributed by atoms with Crippen molar-refractivity contribution >= 4 is 11.8 Å². The van der Waals surface area contributed by atoms with Crippen LogP contribution in [0.4, 0.5) is 0 Å². The molecule has 118 valence electrons. The molecule has 7 nitrogen and oxygen atoms in total. The van der Waals surface area contributed by atoms with E-state index in [9.17, 15) is 9.59 Å². The normalized spacial score (nSPS) is 19.0. The standard InChI is InChI=1S/C15H18N2O5/c18-14(15(19)17-8-11-2-1-5-20-11)16-7-10-3-4-12-13(6-10)22-9-21-12/h3-4,6,11H,1-2,5,7-9H2,(H,16,18)(H,17,19)/t11-/m0/s1. The van der Waals surface area contributed by atoms with Gasteiger partial charge in [0.25, 0.3) is 0 Å². The highest BCUT2D eigenvalue weighted by Crippen LogP contribution is 2.32. The van der Waals surface area contributed by atoms with Gasteiger partial charge in [0.05, 0.1) is 6.10 Å². The fourth-order valence-corrected chi connectivity index (χ4v) is 2.41. The molecule has 0 radical (unpaired) electrons. The van der Waals surface area contributed by atoms with Crippen molar-refractivity contribution in [3.63, 3.8) is 0 Å². The van der Waals surface area contributed by atoms with Gasteiger partial charge in [-0.1, -0.05) is 6.07 Å². The Labute approximate surface area is 127 Å². The van der Waals surface area contributed by atoms with Crippen LogP contribution in [0.5, 0.6) is 11.5 Å². The molecular weight excluding hydrogens is 288 g/mol. The molecule has 0 saturated carbocycles. The van der Waals surface area contributed by atoms with Crippen LogP contribution < -0.4 is 20.1 Å². The van der Waals surface area contributed by atoms with Gasteiger partial charge >= 0.3 is 11.8 Å². The molecule has 0 spiro atoms. The first-order chi connectivity index (χ1) is 10.7. The minimum absolute atomic E-state index is 0.0191. The van der Waals surface area contributed by atoms with Gasteiger partial charge in [0.2, 0.25) is 6.79 Å². The lowest BCUT2D eigenvalue weighted by atomic mass is 10.2. The van der Waals surface area contributed by atoms with Crippen molar-refractivity contribution in [2.24, 2.45) is 0 Å². The first-order valence-electron chi connectivity index (χ1n) is 7.28. The van der Waals surface area contributed by atoms with Crippen LogP contribution in [-0.2, 0) is 20.9 Å². The first kappa shape index (κ1) is 14.6. The summed E-state index contributed by atoms with van der Waals surface area (Å²) in [6, 6.07) is 5.38. The number of hydrogen-bond acceptors (Lipinski definition) is 5. The molecule has 0 bridgehead atoms. The van der Waals surface area contributed by atoms with Crippen LogP contribution in [0, 0.1) is 0 Å². The van der Waals surface area contributed by atoms with E-state index in [2.05, 4.69) is 10.6 Å². The number of fused-ring (bicyclic) bond motifs is 1. The average Bonchev–Trinajstić information content (AvgIpc) is 3.20. The van der Waals surface area contributed by atoms with E-state index >= 15 is 0 Å². The number of benzene rings is 1. The second-order valence-corrected chi connectivity index (χ2v) is 5.22. The van der Waals surface area contributed by atoms with E-state index in [0.717, 1.165) is 25.0 Å². The van der Waals surface area contributed by atoms with Crippen molar-refractivity contribution in [2.45, 2.75) is 25.5 Å². The van der Waals surface area contributed by atoms with E-state index in [1.165, 1.54) is 0 Å². The molecule has 2 N–H and O–H groups in total.